The van der Waals surface area contributed by atoms with Gasteiger partial charge in [0.25, 0.3) is 0 Å². The number of amides is 1. The van der Waals surface area contributed by atoms with E-state index in [2.05, 4.69) is 34.4 Å². The Morgan fingerprint density at radius 1 is 1.17 bits per heavy atom. The summed E-state index contributed by atoms with van der Waals surface area (Å²) in [6.45, 7) is 5.31. The van der Waals surface area contributed by atoms with E-state index < -0.39 is 0 Å². The fourth-order valence-corrected chi connectivity index (χ4v) is 6.71. The van der Waals surface area contributed by atoms with Crippen molar-refractivity contribution in [3.05, 3.63) is 40.7 Å². The number of pyridine rings is 1. The van der Waals surface area contributed by atoms with Gasteiger partial charge in [0.15, 0.2) is 5.13 Å². The van der Waals surface area contributed by atoms with E-state index in [1.165, 1.54) is 29.0 Å². The predicted octanol–water partition coefficient (Wildman–Crippen LogP) is 4.03. The van der Waals surface area contributed by atoms with Gasteiger partial charge in [0, 0.05) is 42.4 Å². The number of aromatic nitrogens is 2. The monoisotopic (exact) mass is 425 g/mol. The molecule has 3 aliphatic rings. The predicted molar refractivity (Wildman–Crippen MR) is 120 cm³/mol. The molecule has 0 saturated carbocycles. The first kappa shape index (κ1) is 19.9. The molecule has 1 aliphatic carbocycles. The molecule has 2 aromatic rings. The Kier molecular flexibility index (Phi) is 5.74. The van der Waals surface area contributed by atoms with Crippen molar-refractivity contribution < 1.29 is 4.79 Å². The highest BCUT2D eigenvalue weighted by molar-refractivity contribution is 7.15. The normalized spacial score (nSPS) is 27.8. The Hall–Kier alpha value is -1.99. The van der Waals surface area contributed by atoms with Gasteiger partial charge in [-0.15, -0.1) is 11.3 Å². The van der Waals surface area contributed by atoms with E-state index in [-0.39, 0.29) is 6.04 Å². The first-order valence-corrected chi connectivity index (χ1v) is 12.2. The van der Waals surface area contributed by atoms with Crippen LogP contribution in [0.2, 0.25) is 0 Å². The van der Waals surface area contributed by atoms with Crippen LogP contribution in [0.3, 0.4) is 0 Å². The third-order valence-electron chi connectivity index (χ3n) is 7.16. The fraction of sp³-hybridized carbons (Fsp3) is 0.609. The highest BCUT2D eigenvalue weighted by Crippen LogP contribution is 2.42. The number of piperidine rings is 2. The number of anilines is 1. The lowest BCUT2D eigenvalue weighted by atomic mass is 9.87. The number of hydrogen-bond donors (Lipinski definition) is 1. The average molecular weight is 426 g/mol. The Morgan fingerprint density at radius 2 is 2.03 bits per heavy atom. The smallest absolute Gasteiger partial charge is 0.209 e. The molecule has 160 valence electrons. The van der Waals surface area contributed by atoms with Gasteiger partial charge in [-0.05, 0) is 62.6 Å². The molecule has 1 N–H and O–H groups in total. The second-order valence-electron chi connectivity index (χ2n) is 9.03. The van der Waals surface area contributed by atoms with Gasteiger partial charge in [-0.2, -0.15) is 0 Å². The van der Waals surface area contributed by atoms with E-state index in [0.29, 0.717) is 18.0 Å². The first-order chi connectivity index (χ1) is 14.7. The largest absolute Gasteiger partial charge is 0.353 e. The number of nitrogens with zero attached hydrogens (tertiary/aromatic N) is 4. The molecular formula is C23H31N5OS. The summed E-state index contributed by atoms with van der Waals surface area (Å²) in [6, 6.07) is 5.50. The molecule has 2 fully saturated rings. The van der Waals surface area contributed by atoms with Crippen molar-refractivity contribution in [2.75, 3.05) is 25.0 Å². The molecule has 30 heavy (non-hydrogen) atoms. The van der Waals surface area contributed by atoms with Gasteiger partial charge in [0.2, 0.25) is 6.41 Å². The zero-order chi connectivity index (χ0) is 20.5. The van der Waals surface area contributed by atoms with Crippen molar-refractivity contribution in [1.82, 2.24) is 19.8 Å². The molecule has 2 aliphatic heterocycles. The minimum atomic E-state index is 0.271. The summed E-state index contributed by atoms with van der Waals surface area (Å²) >= 11 is 1.82. The van der Waals surface area contributed by atoms with Gasteiger partial charge in [0.05, 0.1) is 11.7 Å². The minimum Gasteiger partial charge on any atom is -0.353 e. The minimum absolute atomic E-state index is 0.271. The van der Waals surface area contributed by atoms with E-state index in [1.54, 1.807) is 0 Å². The molecule has 5 rings (SSSR count). The number of carbonyl (C=O) groups is 1. The number of aryl methyl sites for hydroxylation is 1. The molecule has 0 aromatic carbocycles. The second kappa shape index (κ2) is 8.63. The molecule has 4 heterocycles. The van der Waals surface area contributed by atoms with Crippen molar-refractivity contribution in [3.63, 3.8) is 0 Å². The molecule has 0 radical (unpaired) electrons. The van der Waals surface area contributed by atoms with Crippen LogP contribution >= 0.6 is 11.3 Å². The number of hydrogen-bond acceptors (Lipinski definition) is 6. The third kappa shape index (κ3) is 3.85. The quantitative estimate of drug-likeness (QED) is 0.733. The Balaban J connectivity index is 1.31. The van der Waals surface area contributed by atoms with E-state index in [9.17, 15) is 4.79 Å². The summed E-state index contributed by atoms with van der Waals surface area (Å²) in [5.41, 5.74) is 2.55. The zero-order valence-corrected chi connectivity index (χ0v) is 18.5. The number of nitrogens with one attached hydrogen (secondary N) is 1. The van der Waals surface area contributed by atoms with Crippen molar-refractivity contribution in [1.29, 1.82) is 0 Å². The number of likely N-dealkylation sites (tertiary alicyclic amines) is 2. The van der Waals surface area contributed by atoms with E-state index >= 15 is 0 Å². The molecule has 3 atom stereocenters. The SMILES string of the molecule is C[C@@H]1CCCN(C2CCN(C=O)CC2)C1c1cnc(NC2CCc3cccnc32)s1. The maximum Gasteiger partial charge on any atom is 0.209 e. The van der Waals surface area contributed by atoms with Crippen molar-refractivity contribution in [2.45, 2.75) is 63.6 Å². The lowest BCUT2D eigenvalue weighted by molar-refractivity contribution is -0.119. The maximum absolute atomic E-state index is 11.1. The zero-order valence-electron chi connectivity index (χ0n) is 17.7. The summed E-state index contributed by atoms with van der Waals surface area (Å²) in [5.74, 6) is 0.630. The molecule has 0 spiro atoms. The van der Waals surface area contributed by atoms with Gasteiger partial charge >= 0.3 is 0 Å². The van der Waals surface area contributed by atoms with E-state index in [1.807, 2.05) is 28.5 Å². The van der Waals surface area contributed by atoms with Gasteiger partial charge in [-0.1, -0.05) is 13.0 Å². The van der Waals surface area contributed by atoms with Crippen LogP contribution in [0, 0.1) is 5.92 Å². The molecule has 6 nitrogen and oxygen atoms in total. The van der Waals surface area contributed by atoms with Crippen molar-refractivity contribution in [3.8, 4) is 0 Å². The number of carbonyl (C=O) groups excluding carboxylic acids is 1. The summed E-state index contributed by atoms with van der Waals surface area (Å²) < 4.78 is 0. The number of fused-ring (bicyclic) bond motifs is 1. The topological polar surface area (TPSA) is 61.4 Å². The van der Waals surface area contributed by atoms with Crippen LogP contribution in [0.5, 0.6) is 0 Å². The Bertz CT molecular complexity index is 878. The van der Waals surface area contributed by atoms with Crippen LogP contribution in [0.25, 0.3) is 0 Å². The molecular weight excluding hydrogens is 394 g/mol. The lowest BCUT2D eigenvalue weighted by Crippen LogP contribution is -2.49. The first-order valence-electron chi connectivity index (χ1n) is 11.3. The summed E-state index contributed by atoms with van der Waals surface area (Å²) in [5, 5.41) is 4.68. The van der Waals surface area contributed by atoms with Gasteiger partial charge in [-0.3, -0.25) is 14.7 Å². The third-order valence-corrected chi connectivity index (χ3v) is 8.16. The van der Waals surface area contributed by atoms with Crippen molar-refractivity contribution in [2.24, 2.45) is 5.92 Å². The van der Waals surface area contributed by atoms with Crippen LogP contribution in [-0.2, 0) is 11.2 Å². The van der Waals surface area contributed by atoms with Gasteiger partial charge in [-0.25, -0.2) is 4.98 Å². The molecule has 2 unspecified atom stereocenters. The molecule has 7 heteroatoms. The standard InChI is InChI=1S/C23H31N5OS/c1-16-4-3-11-28(18-8-12-27(15-29)13-9-18)22(16)20-14-25-23(30-20)26-19-7-6-17-5-2-10-24-21(17)19/h2,5,10,14-16,18-19,22H,3-4,6-9,11-13H2,1H3,(H,25,26)/t16-,19?,22?/m1/s1. The van der Waals surface area contributed by atoms with Crippen LogP contribution in [0.4, 0.5) is 5.13 Å². The van der Waals surface area contributed by atoms with Crippen molar-refractivity contribution >= 4 is 22.9 Å². The van der Waals surface area contributed by atoms with E-state index in [4.69, 9.17) is 4.98 Å². The van der Waals surface area contributed by atoms with Crippen LogP contribution in [-0.4, -0.2) is 51.9 Å². The number of thiazole rings is 1. The van der Waals surface area contributed by atoms with Crippen LogP contribution in [0.15, 0.2) is 24.5 Å². The highest BCUT2D eigenvalue weighted by atomic mass is 32.1. The van der Waals surface area contributed by atoms with Crippen LogP contribution < -0.4 is 5.32 Å². The molecule has 2 saturated heterocycles. The Morgan fingerprint density at radius 3 is 2.87 bits per heavy atom. The summed E-state index contributed by atoms with van der Waals surface area (Å²) in [4.78, 5) is 26.5. The maximum atomic E-state index is 11.1. The number of rotatable bonds is 5. The lowest BCUT2D eigenvalue weighted by Gasteiger charge is -2.46. The average Bonchev–Trinajstić information content (AvgIpc) is 3.41. The molecule has 1 amide bonds. The molecule has 2 aromatic heterocycles. The summed E-state index contributed by atoms with van der Waals surface area (Å²) in [6.07, 6.45) is 11.9. The summed E-state index contributed by atoms with van der Waals surface area (Å²) in [7, 11) is 0. The highest BCUT2D eigenvalue weighted by Gasteiger charge is 2.37. The second-order valence-corrected chi connectivity index (χ2v) is 10.1. The van der Waals surface area contributed by atoms with E-state index in [0.717, 1.165) is 56.9 Å². The van der Waals surface area contributed by atoms with Gasteiger partial charge < -0.3 is 10.2 Å². The molecule has 0 bridgehead atoms. The van der Waals surface area contributed by atoms with Gasteiger partial charge in [0.1, 0.15) is 0 Å². The fourth-order valence-electron chi connectivity index (χ4n) is 5.59. The Labute approximate surface area is 182 Å². The van der Waals surface area contributed by atoms with Crippen LogP contribution in [0.1, 0.15) is 67.2 Å².